The summed E-state index contributed by atoms with van der Waals surface area (Å²) >= 11 is 1.73. The molecule has 5 heteroatoms. The molecule has 0 saturated heterocycles. The Morgan fingerprint density at radius 2 is 1.94 bits per heavy atom. The summed E-state index contributed by atoms with van der Waals surface area (Å²) in [4.78, 5) is 5.85. The zero-order valence-electron chi connectivity index (χ0n) is 11.2. The minimum absolute atomic E-state index is 0.585. The van der Waals surface area contributed by atoms with Crippen molar-refractivity contribution in [2.24, 2.45) is 0 Å². The van der Waals surface area contributed by atoms with Crippen LogP contribution in [0.5, 0.6) is 0 Å². The summed E-state index contributed by atoms with van der Waals surface area (Å²) in [6.45, 7) is 2.08. The van der Waals surface area contributed by atoms with E-state index in [0.29, 0.717) is 19.3 Å². The Kier molecular flexibility index (Phi) is 5.56. The Hall–Kier alpha value is -0.490. The maximum atomic E-state index is 5.21. The number of hydrogen-bond donors (Lipinski definition) is 1. The van der Waals surface area contributed by atoms with Crippen molar-refractivity contribution in [2.45, 2.75) is 51.5 Å². The van der Waals surface area contributed by atoms with Gasteiger partial charge in [0.1, 0.15) is 5.01 Å². The molecule has 1 heterocycles. The molecule has 0 amide bonds. The number of hydrogen-bond acceptors (Lipinski definition) is 5. The van der Waals surface area contributed by atoms with E-state index in [9.17, 15) is 0 Å². The highest BCUT2D eigenvalue weighted by Gasteiger charge is 2.16. The molecule has 18 heavy (non-hydrogen) atoms. The maximum Gasteiger partial charge on any atom is 0.119 e. The largest absolute Gasteiger partial charge is 0.378 e. The quantitative estimate of drug-likeness (QED) is 0.826. The van der Waals surface area contributed by atoms with Crippen molar-refractivity contribution in [2.75, 3.05) is 14.2 Å². The van der Waals surface area contributed by atoms with Crippen LogP contribution in [0.2, 0.25) is 0 Å². The van der Waals surface area contributed by atoms with Gasteiger partial charge in [0, 0.05) is 31.7 Å². The number of nitrogens with zero attached hydrogens (tertiary/aromatic N) is 1. The molecule has 1 aromatic rings. The van der Waals surface area contributed by atoms with Crippen LogP contribution < -0.4 is 5.32 Å². The van der Waals surface area contributed by atoms with E-state index < -0.39 is 0 Å². The summed E-state index contributed by atoms with van der Waals surface area (Å²) in [5, 5.41) is 4.66. The molecule has 0 radical (unpaired) electrons. The lowest BCUT2D eigenvalue weighted by molar-refractivity contribution is 0.176. The fourth-order valence-electron chi connectivity index (χ4n) is 2.38. The van der Waals surface area contributed by atoms with Crippen LogP contribution in [0.15, 0.2) is 0 Å². The van der Waals surface area contributed by atoms with E-state index in [0.717, 1.165) is 17.2 Å². The summed E-state index contributed by atoms with van der Waals surface area (Å²) in [5.74, 6) is 0. The molecule has 1 aliphatic carbocycles. The molecule has 1 N–H and O–H groups in total. The second-order valence-corrected chi connectivity index (χ2v) is 5.87. The molecule has 1 saturated carbocycles. The highest BCUT2D eigenvalue weighted by atomic mass is 32.1. The lowest BCUT2D eigenvalue weighted by atomic mass is 10.2. The van der Waals surface area contributed by atoms with E-state index in [-0.39, 0.29) is 0 Å². The zero-order valence-corrected chi connectivity index (χ0v) is 12.0. The summed E-state index contributed by atoms with van der Waals surface area (Å²) in [7, 11) is 3.41. The summed E-state index contributed by atoms with van der Waals surface area (Å²) < 4.78 is 10.3. The molecular weight excluding hydrogens is 248 g/mol. The maximum absolute atomic E-state index is 5.21. The van der Waals surface area contributed by atoms with Crippen LogP contribution in [0, 0.1) is 0 Å². The highest BCUT2D eigenvalue weighted by Crippen LogP contribution is 2.22. The van der Waals surface area contributed by atoms with E-state index in [1.807, 2.05) is 0 Å². The van der Waals surface area contributed by atoms with Gasteiger partial charge in [0.05, 0.1) is 18.9 Å². The summed E-state index contributed by atoms with van der Waals surface area (Å²) in [6.07, 6.45) is 5.34. The van der Waals surface area contributed by atoms with Gasteiger partial charge in [0.15, 0.2) is 0 Å². The Morgan fingerprint density at radius 3 is 2.61 bits per heavy atom. The summed E-state index contributed by atoms with van der Waals surface area (Å²) in [5.41, 5.74) is 1.06. The third kappa shape index (κ3) is 3.75. The average molecular weight is 270 g/mol. The molecule has 0 spiro atoms. The molecule has 4 nitrogen and oxygen atoms in total. The van der Waals surface area contributed by atoms with Crippen LogP contribution in [0.1, 0.15) is 41.3 Å². The van der Waals surface area contributed by atoms with E-state index in [1.165, 1.54) is 30.6 Å². The van der Waals surface area contributed by atoms with E-state index >= 15 is 0 Å². The lowest BCUT2D eigenvalue weighted by Crippen LogP contribution is -2.25. The zero-order chi connectivity index (χ0) is 12.8. The van der Waals surface area contributed by atoms with Crippen molar-refractivity contribution in [1.82, 2.24) is 10.3 Å². The average Bonchev–Trinajstić information content (AvgIpc) is 2.97. The molecule has 102 valence electrons. The first-order valence-corrected chi connectivity index (χ1v) is 7.34. The smallest absolute Gasteiger partial charge is 0.119 e. The van der Waals surface area contributed by atoms with Crippen LogP contribution in [0.3, 0.4) is 0 Å². The normalized spacial score (nSPS) is 16.6. The second-order valence-electron chi connectivity index (χ2n) is 4.71. The second kappa shape index (κ2) is 7.19. The molecule has 0 bridgehead atoms. The van der Waals surface area contributed by atoms with Crippen LogP contribution >= 0.6 is 11.3 Å². The topological polar surface area (TPSA) is 43.4 Å². The van der Waals surface area contributed by atoms with Gasteiger partial charge in [-0.2, -0.15) is 0 Å². The number of methoxy groups -OCH3 is 2. The van der Waals surface area contributed by atoms with Gasteiger partial charge >= 0.3 is 0 Å². The van der Waals surface area contributed by atoms with Gasteiger partial charge in [-0.25, -0.2) is 4.98 Å². The van der Waals surface area contributed by atoms with Crippen molar-refractivity contribution in [3.8, 4) is 0 Å². The Bertz CT molecular complexity index is 362. The van der Waals surface area contributed by atoms with Crippen molar-refractivity contribution in [3.05, 3.63) is 15.6 Å². The van der Waals surface area contributed by atoms with Crippen molar-refractivity contribution in [1.29, 1.82) is 0 Å². The Morgan fingerprint density at radius 1 is 1.22 bits per heavy atom. The molecule has 0 atom stereocenters. The lowest BCUT2D eigenvalue weighted by Gasteiger charge is -2.11. The van der Waals surface area contributed by atoms with Crippen LogP contribution in [0.4, 0.5) is 0 Å². The third-order valence-corrected chi connectivity index (χ3v) is 4.35. The SMILES string of the molecule is COCc1nc(COC)c(CNC2CCCC2)s1. The predicted molar refractivity (Wildman–Crippen MR) is 72.6 cm³/mol. The molecule has 1 fully saturated rings. The van der Waals surface area contributed by atoms with Gasteiger partial charge in [-0.05, 0) is 12.8 Å². The van der Waals surface area contributed by atoms with Gasteiger partial charge in [0.2, 0.25) is 0 Å². The van der Waals surface area contributed by atoms with E-state index in [2.05, 4.69) is 10.3 Å². The molecule has 0 aliphatic heterocycles. The van der Waals surface area contributed by atoms with Crippen molar-refractivity contribution < 1.29 is 9.47 Å². The molecule has 2 rings (SSSR count). The molecule has 1 aliphatic rings. The van der Waals surface area contributed by atoms with Gasteiger partial charge in [-0.3, -0.25) is 0 Å². The van der Waals surface area contributed by atoms with E-state index in [1.54, 1.807) is 25.6 Å². The molecular formula is C13H22N2O2S. The van der Waals surface area contributed by atoms with Crippen LogP contribution in [0.25, 0.3) is 0 Å². The number of aromatic nitrogens is 1. The predicted octanol–water partition coefficient (Wildman–Crippen LogP) is 2.47. The minimum Gasteiger partial charge on any atom is -0.378 e. The number of rotatable bonds is 7. The van der Waals surface area contributed by atoms with Crippen molar-refractivity contribution in [3.63, 3.8) is 0 Å². The van der Waals surface area contributed by atoms with Gasteiger partial charge in [0.25, 0.3) is 0 Å². The third-order valence-electron chi connectivity index (χ3n) is 3.28. The fraction of sp³-hybridized carbons (Fsp3) is 0.769. The Balaban J connectivity index is 1.95. The minimum atomic E-state index is 0.585. The number of nitrogens with one attached hydrogen (secondary N) is 1. The highest BCUT2D eigenvalue weighted by molar-refractivity contribution is 7.11. The van der Waals surface area contributed by atoms with E-state index in [4.69, 9.17) is 9.47 Å². The number of ether oxygens (including phenoxy) is 2. The molecule has 0 aromatic carbocycles. The fourth-order valence-corrected chi connectivity index (χ4v) is 3.37. The van der Waals surface area contributed by atoms with Gasteiger partial charge in [-0.15, -0.1) is 11.3 Å². The first-order valence-electron chi connectivity index (χ1n) is 6.52. The van der Waals surface area contributed by atoms with Crippen molar-refractivity contribution >= 4 is 11.3 Å². The Labute approximate surface area is 113 Å². The molecule has 0 unspecified atom stereocenters. The van der Waals surface area contributed by atoms with Gasteiger partial charge < -0.3 is 14.8 Å². The molecule has 1 aromatic heterocycles. The summed E-state index contributed by atoms with van der Waals surface area (Å²) in [6, 6.07) is 0.688. The first kappa shape index (κ1) is 13.9. The first-order chi connectivity index (χ1) is 8.83. The monoisotopic (exact) mass is 270 g/mol. The van der Waals surface area contributed by atoms with Gasteiger partial charge in [-0.1, -0.05) is 12.8 Å². The standard InChI is InChI=1S/C13H22N2O2S/c1-16-8-11-12(18-13(15-11)9-17-2)7-14-10-5-3-4-6-10/h10,14H,3-9H2,1-2H3. The van der Waals surface area contributed by atoms with Crippen LogP contribution in [-0.2, 0) is 29.2 Å². The number of thiazole rings is 1. The van der Waals surface area contributed by atoms with Crippen LogP contribution in [-0.4, -0.2) is 25.2 Å².